The van der Waals surface area contributed by atoms with Crippen LogP contribution >= 0.6 is 0 Å². The van der Waals surface area contributed by atoms with Crippen LogP contribution in [0, 0.1) is 44.5 Å². The largest absolute Gasteiger partial charge is 0.397 e. The number of nitriles is 2. The standard InChI is InChI=1S/C15H9F2N9O2/c16-5-1-7(17)9(8(2-5)26(27)28)12-10-11(20)6(3-18)13(21)24-14(10)25-15(23-12)22-4-19/h1-2,12H,(H6,20,21,22,23,24,25). The molecule has 1 aromatic heterocycles. The number of nitrogen functional groups attached to an aromatic ring is 2. The number of nitro benzene ring substituents is 1. The third-order valence-corrected chi connectivity index (χ3v) is 3.90. The maximum Gasteiger partial charge on any atom is 0.280 e. The highest BCUT2D eigenvalue weighted by atomic mass is 19.1. The number of anilines is 3. The Morgan fingerprint density at radius 2 is 2.00 bits per heavy atom. The van der Waals surface area contributed by atoms with Gasteiger partial charge in [0.2, 0.25) is 5.96 Å². The van der Waals surface area contributed by atoms with Gasteiger partial charge in [-0.25, -0.2) is 18.8 Å². The number of nitrogens with two attached hydrogens (primary N) is 2. The molecule has 11 nitrogen and oxygen atoms in total. The van der Waals surface area contributed by atoms with Gasteiger partial charge in [-0.15, -0.1) is 0 Å². The van der Waals surface area contributed by atoms with Crippen molar-refractivity contribution >= 4 is 29.0 Å². The number of rotatable bonds is 2. The molecule has 0 saturated carbocycles. The molecule has 1 aromatic carbocycles. The average molecular weight is 385 g/mol. The molecule has 1 aliphatic heterocycles. The topological polar surface area (TPSA) is 192 Å². The summed E-state index contributed by atoms with van der Waals surface area (Å²) in [6, 6.07) is 1.21. The molecule has 13 heteroatoms. The second-order valence-corrected chi connectivity index (χ2v) is 5.48. The highest BCUT2D eigenvalue weighted by molar-refractivity contribution is 5.98. The maximum atomic E-state index is 14.6. The van der Waals surface area contributed by atoms with E-state index >= 15 is 0 Å². The summed E-state index contributed by atoms with van der Waals surface area (Å²) in [6.45, 7) is 0. The Bertz CT molecular complexity index is 1130. The van der Waals surface area contributed by atoms with Crippen molar-refractivity contribution in [2.45, 2.75) is 6.04 Å². The van der Waals surface area contributed by atoms with Crippen molar-refractivity contribution in [3.05, 3.63) is 50.6 Å². The minimum atomic E-state index is -1.51. The highest BCUT2D eigenvalue weighted by Crippen LogP contribution is 2.44. The Balaban J connectivity index is 2.38. The van der Waals surface area contributed by atoms with Crippen LogP contribution in [0.4, 0.5) is 31.8 Å². The first kappa shape index (κ1) is 18.3. The van der Waals surface area contributed by atoms with E-state index in [0.29, 0.717) is 12.1 Å². The van der Waals surface area contributed by atoms with Crippen LogP contribution in [0.15, 0.2) is 17.1 Å². The normalized spacial score (nSPS) is 14.7. The Morgan fingerprint density at radius 3 is 2.61 bits per heavy atom. The molecule has 0 aliphatic carbocycles. The lowest BCUT2D eigenvalue weighted by molar-refractivity contribution is -0.386. The number of pyridine rings is 1. The molecule has 1 aliphatic rings. The van der Waals surface area contributed by atoms with Crippen LogP contribution in [0.2, 0.25) is 0 Å². The van der Waals surface area contributed by atoms with E-state index in [0.717, 1.165) is 0 Å². The first-order valence-electron chi connectivity index (χ1n) is 7.40. The van der Waals surface area contributed by atoms with Crippen molar-refractivity contribution in [2.75, 3.05) is 16.8 Å². The number of aliphatic imine (C=N–C) groups is 1. The summed E-state index contributed by atoms with van der Waals surface area (Å²) < 4.78 is 28.1. The van der Waals surface area contributed by atoms with E-state index < -0.39 is 33.9 Å². The van der Waals surface area contributed by atoms with Crippen LogP contribution in [-0.4, -0.2) is 15.9 Å². The third kappa shape index (κ3) is 2.82. The molecular weight excluding hydrogens is 376 g/mol. The molecule has 3 rings (SSSR count). The van der Waals surface area contributed by atoms with Gasteiger partial charge in [0.1, 0.15) is 40.9 Å². The molecule has 0 fully saturated rings. The van der Waals surface area contributed by atoms with Crippen LogP contribution in [0.25, 0.3) is 0 Å². The number of nitro groups is 1. The van der Waals surface area contributed by atoms with Gasteiger partial charge in [0, 0.05) is 11.6 Å². The van der Waals surface area contributed by atoms with E-state index in [1.165, 1.54) is 0 Å². The van der Waals surface area contributed by atoms with Crippen molar-refractivity contribution < 1.29 is 13.7 Å². The number of nitrogens with one attached hydrogen (secondary N) is 2. The minimum Gasteiger partial charge on any atom is -0.397 e. The molecular formula is C15H9F2N9O2. The molecule has 6 N–H and O–H groups in total. The number of aromatic nitrogens is 1. The molecule has 0 radical (unpaired) electrons. The summed E-state index contributed by atoms with van der Waals surface area (Å²) in [7, 11) is 0. The fraction of sp³-hybridized carbons (Fsp3) is 0.0667. The van der Waals surface area contributed by atoms with Crippen LogP contribution in [-0.2, 0) is 0 Å². The van der Waals surface area contributed by atoms with Crippen LogP contribution in [0.5, 0.6) is 0 Å². The van der Waals surface area contributed by atoms with Gasteiger partial charge in [0.05, 0.1) is 22.2 Å². The van der Waals surface area contributed by atoms with E-state index in [2.05, 4.69) is 20.6 Å². The van der Waals surface area contributed by atoms with E-state index in [-0.39, 0.29) is 34.4 Å². The summed E-state index contributed by atoms with van der Waals surface area (Å²) in [5.41, 5.74) is 9.58. The number of halogens is 2. The maximum absolute atomic E-state index is 14.6. The van der Waals surface area contributed by atoms with Crippen molar-refractivity contribution in [2.24, 2.45) is 4.99 Å². The van der Waals surface area contributed by atoms with Crippen LogP contribution < -0.4 is 22.1 Å². The summed E-state index contributed by atoms with van der Waals surface area (Å²) >= 11 is 0. The quantitative estimate of drug-likeness (QED) is 0.255. The van der Waals surface area contributed by atoms with Gasteiger partial charge in [-0.05, 0) is 0 Å². The lowest BCUT2D eigenvalue weighted by Gasteiger charge is -2.26. The predicted molar refractivity (Wildman–Crippen MR) is 92.4 cm³/mol. The fourth-order valence-electron chi connectivity index (χ4n) is 2.78. The van der Waals surface area contributed by atoms with Crippen molar-refractivity contribution in [1.82, 2.24) is 10.3 Å². The molecule has 0 bridgehead atoms. The molecule has 2 aromatic rings. The zero-order chi connectivity index (χ0) is 20.6. The fourth-order valence-corrected chi connectivity index (χ4v) is 2.78. The van der Waals surface area contributed by atoms with Crippen molar-refractivity contribution in [1.29, 1.82) is 10.5 Å². The average Bonchev–Trinajstić information content (AvgIpc) is 2.60. The molecule has 1 atom stereocenters. The lowest BCUT2D eigenvalue weighted by Crippen LogP contribution is -2.33. The molecule has 1 unspecified atom stereocenters. The summed E-state index contributed by atoms with van der Waals surface area (Å²) in [5, 5.41) is 34.2. The Labute approximate surface area is 155 Å². The zero-order valence-electron chi connectivity index (χ0n) is 13.7. The number of guanidine groups is 1. The van der Waals surface area contributed by atoms with E-state index in [1.54, 1.807) is 12.3 Å². The summed E-state index contributed by atoms with van der Waals surface area (Å²) in [5.74, 6) is -3.00. The van der Waals surface area contributed by atoms with Crippen LogP contribution in [0.1, 0.15) is 22.7 Å². The van der Waals surface area contributed by atoms with Crippen LogP contribution in [0.3, 0.4) is 0 Å². The smallest absolute Gasteiger partial charge is 0.280 e. The number of hydrogen-bond donors (Lipinski definition) is 4. The van der Waals surface area contributed by atoms with Gasteiger partial charge in [-0.3, -0.25) is 15.4 Å². The van der Waals surface area contributed by atoms with Crippen molar-refractivity contribution in [3.63, 3.8) is 0 Å². The van der Waals surface area contributed by atoms with E-state index in [9.17, 15) is 24.2 Å². The SMILES string of the molecule is N#CNC1=NC(c2c(F)cc(F)cc2[N+](=O)[O-])c2c(nc(N)c(C#N)c2N)N1. The van der Waals surface area contributed by atoms with Gasteiger partial charge in [0.15, 0.2) is 6.19 Å². The molecule has 140 valence electrons. The van der Waals surface area contributed by atoms with Gasteiger partial charge in [0.25, 0.3) is 5.69 Å². The molecule has 0 spiro atoms. The monoisotopic (exact) mass is 385 g/mol. The Morgan fingerprint density at radius 1 is 1.29 bits per heavy atom. The first-order chi connectivity index (χ1) is 13.3. The molecule has 2 heterocycles. The second-order valence-electron chi connectivity index (χ2n) is 5.48. The molecule has 0 saturated heterocycles. The molecule has 28 heavy (non-hydrogen) atoms. The van der Waals surface area contributed by atoms with Gasteiger partial charge in [-0.2, -0.15) is 10.5 Å². The Hall–Kier alpha value is -4.52. The number of hydrogen-bond acceptors (Lipinski definition) is 10. The molecule has 0 amide bonds. The number of fused-ring (bicyclic) bond motifs is 1. The predicted octanol–water partition coefficient (Wildman–Crippen LogP) is 1.25. The lowest BCUT2D eigenvalue weighted by atomic mass is 9.93. The third-order valence-electron chi connectivity index (χ3n) is 3.90. The zero-order valence-corrected chi connectivity index (χ0v) is 13.7. The summed E-state index contributed by atoms with van der Waals surface area (Å²) in [4.78, 5) is 18.3. The van der Waals surface area contributed by atoms with Gasteiger partial charge < -0.3 is 16.8 Å². The number of nitrogens with zero attached hydrogens (tertiary/aromatic N) is 5. The summed E-state index contributed by atoms with van der Waals surface area (Å²) in [6.07, 6.45) is 1.58. The van der Waals surface area contributed by atoms with Gasteiger partial charge >= 0.3 is 0 Å². The highest BCUT2D eigenvalue weighted by Gasteiger charge is 2.36. The van der Waals surface area contributed by atoms with Gasteiger partial charge in [-0.1, -0.05) is 0 Å². The Kier molecular flexibility index (Phi) is 4.34. The van der Waals surface area contributed by atoms with E-state index in [4.69, 9.17) is 16.7 Å². The minimum absolute atomic E-state index is 0.0807. The second kappa shape index (κ2) is 6.65. The van der Waals surface area contributed by atoms with E-state index in [1.807, 2.05) is 0 Å². The number of benzene rings is 1. The van der Waals surface area contributed by atoms with Crippen molar-refractivity contribution in [3.8, 4) is 12.3 Å². The first-order valence-corrected chi connectivity index (χ1v) is 7.40.